The fourth-order valence-corrected chi connectivity index (χ4v) is 5.10. The van der Waals surface area contributed by atoms with Crippen LogP contribution in [0, 0.1) is 0 Å². The maximum Gasteiger partial charge on any atom is 0.291 e. The van der Waals surface area contributed by atoms with Gasteiger partial charge in [0.05, 0.1) is 10.7 Å². The van der Waals surface area contributed by atoms with Crippen molar-refractivity contribution in [3.63, 3.8) is 0 Å². The zero-order chi connectivity index (χ0) is 22.2. The first kappa shape index (κ1) is 21.8. The molecule has 0 aliphatic carbocycles. The van der Waals surface area contributed by atoms with Gasteiger partial charge in [-0.15, -0.1) is 0 Å². The fraction of sp³-hybridized carbons (Fsp3) is 0.304. The number of amides is 1. The zero-order valence-electron chi connectivity index (χ0n) is 17.2. The van der Waals surface area contributed by atoms with Gasteiger partial charge >= 0.3 is 0 Å². The van der Waals surface area contributed by atoms with E-state index in [2.05, 4.69) is 31.1 Å². The van der Waals surface area contributed by atoms with Crippen LogP contribution >= 0.6 is 39.1 Å². The lowest BCUT2D eigenvalue weighted by atomic mass is 10.0. The van der Waals surface area contributed by atoms with E-state index in [0.717, 1.165) is 65.8 Å². The molecule has 0 saturated carbocycles. The highest BCUT2D eigenvalue weighted by atomic mass is 79.9. The topological polar surface area (TPSA) is 61.5 Å². The second kappa shape index (κ2) is 9.06. The number of aromatic amines is 1. The Kier molecular flexibility index (Phi) is 6.16. The Morgan fingerprint density at radius 2 is 1.88 bits per heavy atom. The van der Waals surface area contributed by atoms with Crippen LogP contribution in [0.2, 0.25) is 10.0 Å². The van der Waals surface area contributed by atoms with Crippen LogP contribution in [0.5, 0.6) is 5.75 Å². The number of fused-ring (bicyclic) bond motifs is 3. The number of hydrazine groups is 1. The molecule has 1 N–H and O–H groups in total. The molecule has 0 bridgehead atoms. The molecule has 32 heavy (non-hydrogen) atoms. The first-order valence-corrected chi connectivity index (χ1v) is 12.1. The quantitative estimate of drug-likeness (QED) is 0.417. The van der Waals surface area contributed by atoms with Crippen molar-refractivity contribution in [1.29, 1.82) is 0 Å². The van der Waals surface area contributed by atoms with Crippen molar-refractivity contribution in [2.75, 3.05) is 18.1 Å². The number of ether oxygens (including phenoxy) is 1. The number of aromatic nitrogens is 2. The summed E-state index contributed by atoms with van der Waals surface area (Å²) in [6.07, 6.45) is 4.32. The van der Waals surface area contributed by atoms with E-state index in [1.54, 1.807) is 23.2 Å². The first-order valence-electron chi connectivity index (χ1n) is 10.6. The minimum Gasteiger partial charge on any atom is -0.488 e. The number of anilines is 1. The molecule has 1 fully saturated rings. The molecule has 0 atom stereocenters. The molecule has 1 saturated heterocycles. The van der Waals surface area contributed by atoms with Crippen LogP contribution in [0.3, 0.4) is 0 Å². The molecule has 9 heteroatoms. The van der Waals surface area contributed by atoms with Gasteiger partial charge in [0.25, 0.3) is 5.91 Å². The molecule has 0 radical (unpaired) electrons. The molecule has 5 rings (SSSR count). The molecule has 3 aromatic rings. The summed E-state index contributed by atoms with van der Waals surface area (Å²) in [5.41, 5.74) is 3.35. The van der Waals surface area contributed by atoms with Gasteiger partial charge in [0.2, 0.25) is 0 Å². The van der Waals surface area contributed by atoms with Gasteiger partial charge in [-0.25, -0.2) is 10.0 Å². The summed E-state index contributed by atoms with van der Waals surface area (Å²) >= 11 is 16.2. The van der Waals surface area contributed by atoms with E-state index >= 15 is 0 Å². The average Bonchev–Trinajstić information content (AvgIpc) is 3.03. The number of carbonyl (C=O) groups is 1. The largest absolute Gasteiger partial charge is 0.488 e. The van der Waals surface area contributed by atoms with Crippen molar-refractivity contribution >= 4 is 50.7 Å². The van der Waals surface area contributed by atoms with Gasteiger partial charge in [0.1, 0.15) is 23.7 Å². The normalized spacial score (nSPS) is 16.0. The number of nitrogens with zero attached hydrogens (tertiary/aromatic N) is 3. The SMILES string of the molecule is O=C(c1[nH]nc2c1COc1cc(Br)ccc1-2)N(c1ccc(Cl)cc1Cl)N1CCCCCC1. The zero-order valence-corrected chi connectivity index (χ0v) is 20.3. The Balaban J connectivity index is 1.57. The monoisotopic (exact) mass is 534 g/mol. The van der Waals surface area contributed by atoms with Crippen molar-refractivity contribution in [2.24, 2.45) is 0 Å². The van der Waals surface area contributed by atoms with E-state index < -0.39 is 0 Å². The molecule has 0 spiro atoms. The third kappa shape index (κ3) is 4.03. The number of H-pyrrole nitrogens is 1. The number of rotatable bonds is 3. The predicted octanol–water partition coefficient (Wildman–Crippen LogP) is 6.48. The van der Waals surface area contributed by atoms with E-state index in [-0.39, 0.29) is 12.5 Å². The van der Waals surface area contributed by atoms with Gasteiger partial charge in [-0.3, -0.25) is 9.89 Å². The van der Waals surface area contributed by atoms with Crippen LogP contribution in [0.4, 0.5) is 5.69 Å². The molecule has 2 aliphatic rings. The molecule has 1 amide bonds. The van der Waals surface area contributed by atoms with Gasteiger partial charge in [-0.1, -0.05) is 52.0 Å². The Bertz CT molecular complexity index is 1170. The lowest BCUT2D eigenvalue weighted by Crippen LogP contribution is -2.48. The maximum absolute atomic E-state index is 14.0. The second-order valence-electron chi connectivity index (χ2n) is 7.94. The first-order chi connectivity index (χ1) is 15.5. The molecule has 2 aliphatic heterocycles. The van der Waals surface area contributed by atoms with Gasteiger partial charge in [0, 0.05) is 33.7 Å². The van der Waals surface area contributed by atoms with Crippen molar-refractivity contribution in [3.8, 4) is 17.0 Å². The standard InChI is InChI=1S/C23H21BrCl2N4O2/c24-14-5-7-16-20(11-14)32-13-17-21(16)27-28-22(17)23(31)30(29-9-3-1-2-4-10-29)19-8-6-15(25)12-18(19)26/h5-8,11-12H,1-4,9-10,13H2,(H,27,28). The molecular weight excluding hydrogens is 515 g/mol. The molecule has 2 aromatic carbocycles. The Labute approximate surface area is 204 Å². The highest BCUT2D eigenvalue weighted by Crippen LogP contribution is 2.40. The number of carbonyl (C=O) groups excluding carboxylic acids is 1. The van der Waals surface area contributed by atoms with Gasteiger partial charge < -0.3 is 4.74 Å². The van der Waals surface area contributed by atoms with Crippen molar-refractivity contribution in [3.05, 3.63) is 62.2 Å². The van der Waals surface area contributed by atoms with E-state index in [0.29, 0.717) is 21.4 Å². The summed E-state index contributed by atoms with van der Waals surface area (Å²) in [5, 5.41) is 12.2. The van der Waals surface area contributed by atoms with Gasteiger partial charge in [-0.05, 0) is 49.2 Å². The molecule has 0 unspecified atom stereocenters. The lowest BCUT2D eigenvalue weighted by Gasteiger charge is -2.34. The Morgan fingerprint density at radius 1 is 1.09 bits per heavy atom. The van der Waals surface area contributed by atoms with Crippen LogP contribution in [-0.2, 0) is 6.61 Å². The minimum absolute atomic E-state index is 0.214. The number of nitrogens with one attached hydrogen (secondary N) is 1. The van der Waals surface area contributed by atoms with E-state index in [1.165, 1.54) is 0 Å². The van der Waals surface area contributed by atoms with E-state index in [9.17, 15) is 4.79 Å². The summed E-state index contributed by atoms with van der Waals surface area (Å²) in [6, 6.07) is 11.0. The van der Waals surface area contributed by atoms with Crippen LogP contribution in [0.15, 0.2) is 40.9 Å². The second-order valence-corrected chi connectivity index (χ2v) is 9.69. The molecule has 6 nitrogen and oxygen atoms in total. The Morgan fingerprint density at radius 3 is 2.62 bits per heavy atom. The number of benzene rings is 2. The third-order valence-corrected chi connectivity index (χ3v) is 6.88. The summed E-state index contributed by atoms with van der Waals surface area (Å²) in [6.45, 7) is 1.81. The van der Waals surface area contributed by atoms with Crippen LogP contribution in [0.1, 0.15) is 41.7 Å². The molecular formula is C23H21BrCl2N4O2. The van der Waals surface area contributed by atoms with Gasteiger partial charge in [-0.2, -0.15) is 5.10 Å². The van der Waals surface area contributed by atoms with E-state index in [1.807, 2.05) is 18.2 Å². The number of halogens is 3. The van der Waals surface area contributed by atoms with Crippen molar-refractivity contribution in [1.82, 2.24) is 15.2 Å². The number of hydrogen-bond acceptors (Lipinski definition) is 4. The summed E-state index contributed by atoms with van der Waals surface area (Å²) in [4.78, 5) is 14.0. The Hall–Kier alpha value is -2.06. The summed E-state index contributed by atoms with van der Waals surface area (Å²) in [5.74, 6) is 0.525. The maximum atomic E-state index is 14.0. The minimum atomic E-state index is -0.214. The molecule has 166 valence electrons. The average molecular weight is 536 g/mol. The molecule has 1 aromatic heterocycles. The summed E-state index contributed by atoms with van der Waals surface area (Å²) < 4.78 is 6.88. The van der Waals surface area contributed by atoms with E-state index in [4.69, 9.17) is 27.9 Å². The molecule has 3 heterocycles. The highest BCUT2D eigenvalue weighted by molar-refractivity contribution is 9.10. The lowest BCUT2D eigenvalue weighted by molar-refractivity contribution is 0.0888. The van der Waals surface area contributed by atoms with Crippen molar-refractivity contribution < 1.29 is 9.53 Å². The highest BCUT2D eigenvalue weighted by Gasteiger charge is 2.33. The van der Waals surface area contributed by atoms with Crippen LogP contribution in [0.25, 0.3) is 11.3 Å². The van der Waals surface area contributed by atoms with Gasteiger partial charge in [0.15, 0.2) is 0 Å². The van der Waals surface area contributed by atoms with Crippen LogP contribution in [-0.4, -0.2) is 34.2 Å². The summed E-state index contributed by atoms with van der Waals surface area (Å²) in [7, 11) is 0. The third-order valence-electron chi connectivity index (χ3n) is 5.85. The van der Waals surface area contributed by atoms with Crippen molar-refractivity contribution in [2.45, 2.75) is 32.3 Å². The smallest absolute Gasteiger partial charge is 0.291 e. The number of hydrogen-bond donors (Lipinski definition) is 1. The van der Waals surface area contributed by atoms with Crippen LogP contribution < -0.4 is 9.75 Å². The predicted molar refractivity (Wildman–Crippen MR) is 129 cm³/mol. The fourth-order valence-electron chi connectivity index (χ4n) is 4.27.